The average molecular weight is 449 g/mol. The summed E-state index contributed by atoms with van der Waals surface area (Å²) in [4.78, 5) is 22.9. The molecule has 4 rings (SSSR count). The first-order valence-corrected chi connectivity index (χ1v) is 10.9. The van der Waals surface area contributed by atoms with Gasteiger partial charge in [-0.15, -0.1) is 0 Å². The molecule has 0 aliphatic carbocycles. The molecule has 0 saturated carbocycles. The van der Waals surface area contributed by atoms with Crippen LogP contribution < -0.4 is 0 Å². The average Bonchev–Trinajstić information content (AvgIpc) is 2.84. The van der Waals surface area contributed by atoms with Gasteiger partial charge in [0, 0.05) is 0 Å². The molecule has 0 unspecified atom stereocenters. The molecule has 4 aromatic rings. The van der Waals surface area contributed by atoms with E-state index in [1.807, 2.05) is 13.8 Å². The molecule has 0 saturated heterocycles. The van der Waals surface area contributed by atoms with E-state index in [4.69, 9.17) is 0 Å². The van der Waals surface area contributed by atoms with Crippen molar-refractivity contribution in [1.29, 1.82) is 0 Å². The highest BCUT2D eigenvalue weighted by Crippen LogP contribution is 2.37. The number of aryl methyl sites for hydroxylation is 2. The predicted molar refractivity (Wildman–Crippen MR) is 134 cm³/mol. The van der Waals surface area contributed by atoms with Crippen LogP contribution in [0.3, 0.4) is 0 Å². The van der Waals surface area contributed by atoms with Crippen LogP contribution in [0.25, 0.3) is 11.1 Å². The van der Waals surface area contributed by atoms with Crippen LogP contribution in [0, 0.1) is 13.8 Å². The lowest BCUT2D eigenvalue weighted by Crippen LogP contribution is -2.01. The minimum Gasteiger partial charge on any atom is -0.478 e. The van der Waals surface area contributed by atoms with E-state index >= 15 is 0 Å². The second-order valence-corrected chi connectivity index (χ2v) is 8.25. The fourth-order valence-corrected chi connectivity index (χ4v) is 3.91. The van der Waals surface area contributed by atoms with Crippen LogP contribution in [0.1, 0.15) is 54.1 Å². The van der Waals surface area contributed by atoms with Crippen molar-refractivity contribution in [3.8, 4) is 0 Å². The Morgan fingerprint density at radius 3 is 0.853 bits per heavy atom. The summed E-state index contributed by atoms with van der Waals surface area (Å²) in [5, 5.41) is 18.7. The van der Waals surface area contributed by atoms with Gasteiger partial charge >= 0.3 is 11.9 Å². The van der Waals surface area contributed by atoms with Crippen LogP contribution in [0.4, 0.5) is 0 Å². The monoisotopic (exact) mass is 448 g/mol. The van der Waals surface area contributed by atoms with Gasteiger partial charge in [-0.2, -0.15) is 0 Å². The van der Waals surface area contributed by atoms with Gasteiger partial charge in [-0.3, -0.25) is 0 Å². The molecule has 0 spiro atoms. The van der Waals surface area contributed by atoms with Gasteiger partial charge in [0.05, 0.1) is 11.1 Å². The Bertz CT molecular complexity index is 1250. The summed E-state index contributed by atoms with van der Waals surface area (Å²) >= 11 is 0. The molecule has 4 heteroatoms. The molecule has 4 nitrogen and oxygen atoms in total. The van der Waals surface area contributed by atoms with E-state index in [9.17, 15) is 19.8 Å². The van der Waals surface area contributed by atoms with Crippen molar-refractivity contribution in [1.82, 2.24) is 0 Å². The number of rotatable bonds is 6. The highest BCUT2D eigenvalue weighted by atomic mass is 16.4. The van der Waals surface area contributed by atoms with Crippen LogP contribution >= 0.6 is 0 Å². The number of carboxylic acids is 2. The molecule has 4 aromatic carbocycles. The van der Waals surface area contributed by atoms with Crippen molar-refractivity contribution >= 4 is 23.1 Å². The molecule has 34 heavy (non-hydrogen) atoms. The standard InChI is InChI=1S/C30H24O4/c1-19-3-7-21(8-4-19)27(22-9-5-20(2)6-10-22)28(23-11-15-25(16-12-23)29(31)32)24-13-17-26(18-14-24)30(33)34/h3-18H,1-2H3,(H,31,32)(H,33,34). The first-order chi connectivity index (χ1) is 16.3. The summed E-state index contributed by atoms with van der Waals surface area (Å²) < 4.78 is 0. The van der Waals surface area contributed by atoms with Crippen molar-refractivity contribution in [3.63, 3.8) is 0 Å². The van der Waals surface area contributed by atoms with Gasteiger partial charge in [0.25, 0.3) is 0 Å². The maximum Gasteiger partial charge on any atom is 0.335 e. The molecule has 0 bridgehead atoms. The minimum atomic E-state index is -0.986. The van der Waals surface area contributed by atoms with Gasteiger partial charge in [-0.05, 0) is 71.5 Å². The second kappa shape index (κ2) is 9.59. The van der Waals surface area contributed by atoms with Crippen molar-refractivity contribution in [2.45, 2.75) is 13.8 Å². The summed E-state index contributed by atoms with van der Waals surface area (Å²) in [6, 6.07) is 30.1. The van der Waals surface area contributed by atoms with Crippen LogP contribution in [-0.4, -0.2) is 22.2 Å². The Morgan fingerprint density at radius 1 is 0.412 bits per heavy atom. The Hall–Kier alpha value is -4.44. The molecular formula is C30H24O4. The fourth-order valence-electron chi connectivity index (χ4n) is 3.91. The zero-order valence-corrected chi connectivity index (χ0v) is 18.9. The molecule has 168 valence electrons. The summed E-state index contributed by atoms with van der Waals surface area (Å²) in [7, 11) is 0. The molecule has 0 aromatic heterocycles. The number of hydrogen-bond acceptors (Lipinski definition) is 2. The largest absolute Gasteiger partial charge is 0.478 e. The van der Waals surface area contributed by atoms with Crippen LogP contribution in [0.2, 0.25) is 0 Å². The second-order valence-electron chi connectivity index (χ2n) is 8.25. The number of hydrogen-bond donors (Lipinski definition) is 2. The van der Waals surface area contributed by atoms with Crippen LogP contribution in [0.15, 0.2) is 97.1 Å². The molecule has 0 fully saturated rings. The maximum absolute atomic E-state index is 11.4. The first kappa shape index (κ1) is 22.7. The number of carbonyl (C=O) groups is 2. The smallest absolute Gasteiger partial charge is 0.335 e. The highest BCUT2D eigenvalue weighted by molar-refractivity contribution is 6.05. The van der Waals surface area contributed by atoms with Gasteiger partial charge in [0.15, 0.2) is 0 Å². The molecule has 0 aliphatic rings. The quantitative estimate of drug-likeness (QED) is 0.322. The maximum atomic E-state index is 11.4. The zero-order chi connectivity index (χ0) is 24.2. The number of carboxylic acid groups (broad SMARTS) is 2. The Labute approximate surface area is 198 Å². The molecule has 0 heterocycles. The van der Waals surface area contributed by atoms with Crippen molar-refractivity contribution in [2.75, 3.05) is 0 Å². The van der Waals surface area contributed by atoms with E-state index in [-0.39, 0.29) is 11.1 Å². The van der Waals surface area contributed by atoms with E-state index in [0.29, 0.717) is 0 Å². The first-order valence-electron chi connectivity index (χ1n) is 10.9. The lowest BCUT2D eigenvalue weighted by molar-refractivity contribution is 0.0686. The Kier molecular flexibility index (Phi) is 6.42. The Balaban J connectivity index is 2.05. The Morgan fingerprint density at radius 2 is 0.618 bits per heavy atom. The third-order valence-electron chi connectivity index (χ3n) is 5.77. The third kappa shape index (κ3) is 4.81. The summed E-state index contributed by atoms with van der Waals surface area (Å²) in [6.45, 7) is 4.07. The van der Waals surface area contributed by atoms with Gasteiger partial charge in [0.1, 0.15) is 0 Å². The van der Waals surface area contributed by atoms with Gasteiger partial charge in [-0.1, -0.05) is 83.9 Å². The SMILES string of the molecule is Cc1ccc(C(=C(c2ccc(C(=O)O)cc2)c2ccc(C(=O)O)cc2)c2ccc(C)cc2)cc1. The van der Waals surface area contributed by atoms with E-state index in [1.165, 1.54) is 0 Å². The molecule has 2 N–H and O–H groups in total. The minimum absolute atomic E-state index is 0.205. The number of benzene rings is 4. The predicted octanol–water partition coefficient (Wildman–Crippen LogP) is 6.71. The normalized spacial score (nSPS) is 10.5. The fraction of sp³-hybridized carbons (Fsp3) is 0.0667. The molecule has 0 radical (unpaired) electrons. The van der Waals surface area contributed by atoms with Gasteiger partial charge in [0.2, 0.25) is 0 Å². The van der Waals surface area contributed by atoms with Crippen molar-refractivity contribution in [3.05, 3.63) is 142 Å². The zero-order valence-electron chi connectivity index (χ0n) is 18.9. The lowest BCUT2D eigenvalue weighted by Gasteiger charge is -2.19. The van der Waals surface area contributed by atoms with Gasteiger partial charge in [-0.25, -0.2) is 9.59 Å². The van der Waals surface area contributed by atoms with Crippen LogP contribution in [0.5, 0.6) is 0 Å². The van der Waals surface area contributed by atoms with Crippen LogP contribution in [-0.2, 0) is 0 Å². The summed E-state index contributed by atoms with van der Waals surface area (Å²) in [5.74, 6) is -1.97. The lowest BCUT2D eigenvalue weighted by atomic mass is 9.85. The highest BCUT2D eigenvalue weighted by Gasteiger charge is 2.17. The van der Waals surface area contributed by atoms with E-state index in [2.05, 4.69) is 48.5 Å². The molecule has 0 amide bonds. The van der Waals surface area contributed by atoms with E-state index in [0.717, 1.165) is 44.5 Å². The van der Waals surface area contributed by atoms with Gasteiger partial charge < -0.3 is 10.2 Å². The summed E-state index contributed by atoms with van der Waals surface area (Å²) in [6.07, 6.45) is 0. The topological polar surface area (TPSA) is 74.6 Å². The summed E-state index contributed by atoms with van der Waals surface area (Å²) in [5.41, 5.74) is 8.26. The van der Waals surface area contributed by atoms with Crippen molar-refractivity contribution < 1.29 is 19.8 Å². The number of aromatic carboxylic acids is 2. The third-order valence-corrected chi connectivity index (χ3v) is 5.77. The van der Waals surface area contributed by atoms with E-state index in [1.54, 1.807) is 48.5 Å². The molecule has 0 atom stereocenters. The molecular weight excluding hydrogens is 424 g/mol. The van der Waals surface area contributed by atoms with Crippen molar-refractivity contribution in [2.24, 2.45) is 0 Å². The molecule has 0 aliphatic heterocycles. The van der Waals surface area contributed by atoms with E-state index < -0.39 is 11.9 Å².